The number of amides is 2. The molecule has 0 unspecified atom stereocenters. The highest BCUT2D eigenvalue weighted by Crippen LogP contribution is 2.43. The summed E-state index contributed by atoms with van der Waals surface area (Å²) in [6.45, 7) is 5.55. The van der Waals surface area contributed by atoms with E-state index in [1.807, 2.05) is 32.9 Å². The van der Waals surface area contributed by atoms with Gasteiger partial charge in [0.2, 0.25) is 29.3 Å². The maximum atomic E-state index is 13.3. The van der Waals surface area contributed by atoms with Gasteiger partial charge in [-0.1, -0.05) is 17.3 Å². The quantitative estimate of drug-likeness (QED) is 0.406. The lowest BCUT2D eigenvalue weighted by Gasteiger charge is -2.15. The molecule has 2 aromatic heterocycles. The number of nitrogens with zero attached hydrogens (tertiary/aromatic N) is 3. The first kappa shape index (κ1) is 22.1. The van der Waals surface area contributed by atoms with Gasteiger partial charge in [-0.15, -0.1) is 0 Å². The van der Waals surface area contributed by atoms with Gasteiger partial charge in [0, 0.05) is 22.5 Å². The lowest BCUT2D eigenvalue weighted by molar-refractivity contribution is -0.119. The molecule has 0 radical (unpaired) electrons. The molecule has 2 N–H and O–H groups in total. The Kier molecular flexibility index (Phi) is 4.82. The van der Waals surface area contributed by atoms with Crippen LogP contribution < -0.4 is 10.6 Å². The number of carbonyl (C=O) groups excluding carboxylic acids is 2. The molecule has 2 amide bonds. The van der Waals surface area contributed by atoms with Crippen molar-refractivity contribution in [2.45, 2.75) is 44.7 Å². The smallest absolute Gasteiger partial charge is 0.293 e. The van der Waals surface area contributed by atoms with Crippen LogP contribution >= 0.6 is 0 Å². The van der Waals surface area contributed by atoms with Gasteiger partial charge in [0.15, 0.2) is 0 Å². The van der Waals surface area contributed by atoms with Crippen LogP contribution in [0.2, 0.25) is 0 Å². The van der Waals surface area contributed by atoms with E-state index in [0.29, 0.717) is 29.1 Å². The second kappa shape index (κ2) is 7.84. The van der Waals surface area contributed by atoms with Crippen molar-refractivity contribution < 1.29 is 22.9 Å². The SMILES string of the molecule is Cc1ccc(-c2noc([C@H]3C[C@@H]3F)n2)cc1NC(=O)c1cnc(-c2ccc3c(c2)C(C)(C)C(=O)N3)o1. The molecule has 4 aromatic rings. The number of halogens is 1. The number of alkyl halides is 1. The number of carbonyl (C=O) groups is 2. The minimum atomic E-state index is -0.930. The van der Waals surface area contributed by atoms with Crippen molar-refractivity contribution in [3.63, 3.8) is 0 Å². The molecule has 9 nitrogen and oxygen atoms in total. The van der Waals surface area contributed by atoms with Crippen LogP contribution in [-0.4, -0.2) is 33.1 Å². The summed E-state index contributed by atoms with van der Waals surface area (Å²) in [5.74, 6) is 0.0461. The number of nitrogens with one attached hydrogen (secondary N) is 2. The van der Waals surface area contributed by atoms with Crippen LogP contribution in [0.4, 0.5) is 15.8 Å². The van der Waals surface area contributed by atoms with Gasteiger partial charge in [0.1, 0.15) is 6.17 Å². The summed E-state index contributed by atoms with van der Waals surface area (Å²) in [5, 5.41) is 9.65. The zero-order valence-corrected chi connectivity index (χ0v) is 19.8. The Morgan fingerprint density at radius 3 is 2.75 bits per heavy atom. The fraction of sp³-hybridized carbons (Fsp3) is 0.269. The number of benzene rings is 2. The van der Waals surface area contributed by atoms with Crippen LogP contribution in [0.1, 0.15) is 53.8 Å². The summed E-state index contributed by atoms with van der Waals surface area (Å²) in [5.41, 5.74) is 3.57. The highest BCUT2D eigenvalue weighted by atomic mass is 19.1. The molecule has 0 spiro atoms. The van der Waals surface area contributed by atoms with Gasteiger partial charge < -0.3 is 19.6 Å². The number of anilines is 2. The summed E-state index contributed by atoms with van der Waals surface area (Å²) in [7, 11) is 0. The lowest BCUT2D eigenvalue weighted by atomic mass is 9.85. The van der Waals surface area contributed by atoms with Gasteiger partial charge in [0.25, 0.3) is 5.91 Å². The summed E-state index contributed by atoms with van der Waals surface area (Å²) < 4.78 is 24.3. The van der Waals surface area contributed by atoms with E-state index in [4.69, 9.17) is 8.94 Å². The minimum absolute atomic E-state index is 0.0355. The number of aromatic nitrogens is 3. The summed E-state index contributed by atoms with van der Waals surface area (Å²) >= 11 is 0. The second-order valence-corrected chi connectivity index (χ2v) is 9.67. The van der Waals surface area contributed by atoms with Gasteiger partial charge in [0.05, 0.1) is 17.5 Å². The van der Waals surface area contributed by atoms with Gasteiger partial charge in [-0.3, -0.25) is 9.59 Å². The molecule has 0 bridgehead atoms. The molecule has 36 heavy (non-hydrogen) atoms. The Morgan fingerprint density at radius 2 is 1.97 bits per heavy atom. The van der Waals surface area contributed by atoms with Crippen LogP contribution in [0.5, 0.6) is 0 Å². The molecule has 10 heteroatoms. The molecular formula is C26H22FN5O4. The van der Waals surface area contributed by atoms with Gasteiger partial charge in [-0.25, -0.2) is 9.37 Å². The van der Waals surface area contributed by atoms with Gasteiger partial charge >= 0.3 is 0 Å². The van der Waals surface area contributed by atoms with E-state index < -0.39 is 17.5 Å². The van der Waals surface area contributed by atoms with Crippen LogP contribution in [0.25, 0.3) is 22.8 Å². The van der Waals surface area contributed by atoms with E-state index in [1.165, 1.54) is 6.20 Å². The molecule has 0 saturated heterocycles. The molecule has 1 aliphatic carbocycles. The molecule has 1 fully saturated rings. The molecule has 2 aliphatic rings. The number of rotatable bonds is 5. The Balaban J connectivity index is 1.22. The Morgan fingerprint density at radius 1 is 1.19 bits per heavy atom. The monoisotopic (exact) mass is 487 g/mol. The Labute approximate surface area is 205 Å². The third-order valence-corrected chi connectivity index (χ3v) is 6.70. The summed E-state index contributed by atoms with van der Waals surface area (Å²) in [6.07, 6.45) is 0.828. The average Bonchev–Trinajstić information content (AvgIpc) is 3.24. The summed E-state index contributed by atoms with van der Waals surface area (Å²) in [4.78, 5) is 33.7. The Bertz CT molecular complexity index is 1540. The number of hydrogen-bond acceptors (Lipinski definition) is 7. The lowest BCUT2D eigenvalue weighted by Crippen LogP contribution is -2.26. The van der Waals surface area contributed by atoms with E-state index >= 15 is 0 Å². The molecule has 2 aromatic carbocycles. The zero-order chi connectivity index (χ0) is 25.2. The van der Waals surface area contributed by atoms with Crippen LogP contribution in [0, 0.1) is 6.92 Å². The van der Waals surface area contributed by atoms with Crippen LogP contribution in [0.15, 0.2) is 51.5 Å². The van der Waals surface area contributed by atoms with Crippen molar-refractivity contribution >= 4 is 23.2 Å². The number of aryl methyl sites for hydroxylation is 1. The molecule has 2 atom stereocenters. The first-order chi connectivity index (χ1) is 17.2. The van der Waals surface area contributed by atoms with Gasteiger partial charge in [-0.05, 0) is 62.6 Å². The Hall–Kier alpha value is -4.34. The third-order valence-electron chi connectivity index (χ3n) is 6.70. The van der Waals surface area contributed by atoms with Crippen LogP contribution in [0.3, 0.4) is 0 Å². The largest absolute Gasteiger partial charge is 0.431 e. The normalized spacial score (nSPS) is 19.6. The molecule has 1 aliphatic heterocycles. The summed E-state index contributed by atoms with van der Waals surface area (Å²) in [6, 6.07) is 10.8. The number of fused-ring (bicyclic) bond motifs is 1. The predicted octanol–water partition coefficient (Wildman–Crippen LogP) is 5.01. The highest BCUT2D eigenvalue weighted by Gasteiger charge is 2.43. The molecular weight excluding hydrogens is 465 g/mol. The van der Waals surface area contributed by atoms with Crippen molar-refractivity contribution in [3.05, 3.63) is 65.4 Å². The maximum Gasteiger partial charge on any atom is 0.293 e. The molecule has 3 heterocycles. The first-order valence-electron chi connectivity index (χ1n) is 11.5. The molecule has 6 rings (SSSR count). The minimum Gasteiger partial charge on any atom is -0.431 e. The highest BCUT2D eigenvalue weighted by molar-refractivity contribution is 6.06. The average molecular weight is 487 g/mol. The van der Waals surface area contributed by atoms with Crippen molar-refractivity contribution in [2.24, 2.45) is 0 Å². The third kappa shape index (κ3) is 3.65. The fourth-order valence-electron chi connectivity index (χ4n) is 4.22. The van der Waals surface area contributed by atoms with Crippen molar-refractivity contribution in [1.82, 2.24) is 15.1 Å². The van der Waals surface area contributed by atoms with E-state index in [9.17, 15) is 14.0 Å². The number of hydrogen-bond donors (Lipinski definition) is 2. The van der Waals surface area contributed by atoms with E-state index in [-0.39, 0.29) is 29.4 Å². The molecule has 182 valence electrons. The van der Waals surface area contributed by atoms with Crippen molar-refractivity contribution in [1.29, 1.82) is 0 Å². The first-order valence-corrected chi connectivity index (χ1v) is 11.5. The zero-order valence-electron chi connectivity index (χ0n) is 19.8. The van der Waals surface area contributed by atoms with E-state index in [2.05, 4.69) is 25.8 Å². The van der Waals surface area contributed by atoms with E-state index in [0.717, 1.165) is 16.8 Å². The van der Waals surface area contributed by atoms with Gasteiger partial charge in [-0.2, -0.15) is 4.98 Å². The standard InChI is InChI=1S/C26H22FN5O4/c1-12-4-5-13(21-31-24(36-32-21)15-10-17(15)27)9-19(12)29-22(33)20-11-28-23(35-20)14-6-7-18-16(8-14)26(2,3)25(34)30-18/h4-9,11,15,17H,10H2,1-3H3,(H,29,33)(H,30,34)/t15-,17-/m0/s1. The van der Waals surface area contributed by atoms with E-state index in [1.54, 1.807) is 24.3 Å². The fourth-order valence-corrected chi connectivity index (χ4v) is 4.22. The number of oxazole rings is 1. The van der Waals surface area contributed by atoms with Crippen LogP contribution in [-0.2, 0) is 10.2 Å². The maximum absolute atomic E-state index is 13.3. The van der Waals surface area contributed by atoms with Crippen molar-refractivity contribution in [2.75, 3.05) is 10.6 Å². The molecule has 1 saturated carbocycles. The topological polar surface area (TPSA) is 123 Å². The second-order valence-electron chi connectivity index (χ2n) is 9.67. The van der Waals surface area contributed by atoms with Crippen molar-refractivity contribution in [3.8, 4) is 22.8 Å². The predicted molar refractivity (Wildman–Crippen MR) is 128 cm³/mol.